The molecule has 0 aliphatic heterocycles. The van der Waals surface area contributed by atoms with E-state index in [9.17, 15) is 13.2 Å². The third-order valence-electron chi connectivity index (χ3n) is 5.03. The molecule has 1 aromatic heterocycles. The average Bonchev–Trinajstić information content (AvgIpc) is 3.27. The van der Waals surface area contributed by atoms with Crippen LogP contribution < -0.4 is 4.74 Å². The van der Waals surface area contributed by atoms with E-state index in [1.54, 1.807) is 19.4 Å². The summed E-state index contributed by atoms with van der Waals surface area (Å²) in [7, 11) is 1.59. The highest BCUT2D eigenvalue weighted by Crippen LogP contribution is 2.44. The smallest absolute Gasteiger partial charge is 0.416 e. The van der Waals surface area contributed by atoms with Gasteiger partial charge < -0.3 is 9.15 Å². The van der Waals surface area contributed by atoms with Gasteiger partial charge in [0.1, 0.15) is 11.5 Å². The fourth-order valence-electron chi connectivity index (χ4n) is 3.57. The van der Waals surface area contributed by atoms with Gasteiger partial charge in [-0.05, 0) is 64.7 Å². The van der Waals surface area contributed by atoms with Crippen molar-refractivity contribution < 1.29 is 22.3 Å². The number of alkyl halides is 3. The highest BCUT2D eigenvalue weighted by Gasteiger charge is 2.32. The van der Waals surface area contributed by atoms with Crippen molar-refractivity contribution in [3.8, 4) is 5.75 Å². The lowest BCUT2D eigenvalue weighted by atomic mass is 9.79. The molecule has 1 heterocycles. The first kappa shape index (κ1) is 20.2. The van der Waals surface area contributed by atoms with E-state index < -0.39 is 11.7 Å². The molecule has 0 amide bonds. The number of methoxy groups -OCH3 is 1. The minimum Gasteiger partial charge on any atom is -0.497 e. The Labute approximate surface area is 177 Å². The van der Waals surface area contributed by atoms with Gasteiger partial charge in [-0.3, -0.25) is 0 Å². The van der Waals surface area contributed by atoms with Crippen LogP contribution in [0.5, 0.6) is 5.75 Å². The highest BCUT2D eigenvalue weighted by molar-refractivity contribution is 7.81. The van der Waals surface area contributed by atoms with Gasteiger partial charge in [0.15, 0.2) is 0 Å². The van der Waals surface area contributed by atoms with Gasteiger partial charge in [-0.1, -0.05) is 42.6 Å². The fourth-order valence-corrected chi connectivity index (χ4v) is 3.87. The van der Waals surface area contributed by atoms with Crippen LogP contribution in [0.25, 0.3) is 11.1 Å². The lowest BCUT2D eigenvalue weighted by Crippen LogP contribution is -2.15. The standard InChI is InChI=1S/C24H17F3O2S/c1-28-18-10-6-15(7-11-18)19-12-13-21(30)23(20-3-2-14-29-20)22(19)16-4-8-17(9-5-16)24(25,26)27/h2-14,23H,1H3. The van der Waals surface area contributed by atoms with Crippen LogP contribution in [0.2, 0.25) is 0 Å². The molecule has 0 saturated heterocycles. The highest BCUT2D eigenvalue weighted by atomic mass is 32.1. The number of benzene rings is 2. The van der Waals surface area contributed by atoms with Crippen molar-refractivity contribution in [2.45, 2.75) is 12.1 Å². The third kappa shape index (κ3) is 3.83. The van der Waals surface area contributed by atoms with E-state index in [1.807, 2.05) is 42.5 Å². The monoisotopic (exact) mass is 426 g/mol. The van der Waals surface area contributed by atoms with Gasteiger partial charge >= 0.3 is 6.18 Å². The Balaban J connectivity index is 1.91. The van der Waals surface area contributed by atoms with Crippen LogP contribution in [0, 0.1) is 0 Å². The molecule has 0 fully saturated rings. The summed E-state index contributed by atoms with van der Waals surface area (Å²) in [5.41, 5.74) is 2.54. The predicted octanol–water partition coefficient (Wildman–Crippen LogP) is 6.94. The van der Waals surface area contributed by atoms with Crippen LogP contribution in [0.3, 0.4) is 0 Å². The lowest BCUT2D eigenvalue weighted by Gasteiger charge is -2.26. The van der Waals surface area contributed by atoms with Crippen molar-refractivity contribution in [1.29, 1.82) is 0 Å². The lowest BCUT2D eigenvalue weighted by molar-refractivity contribution is -0.137. The summed E-state index contributed by atoms with van der Waals surface area (Å²) < 4.78 is 50.1. The van der Waals surface area contributed by atoms with Crippen molar-refractivity contribution in [3.63, 3.8) is 0 Å². The van der Waals surface area contributed by atoms with Crippen molar-refractivity contribution >= 4 is 28.2 Å². The molecule has 2 nitrogen and oxygen atoms in total. The predicted molar refractivity (Wildman–Crippen MR) is 114 cm³/mol. The summed E-state index contributed by atoms with van der Waals surface area (Å²) in [5.74, 6) is 0.979. The summed E-state index contributed by atoms with van der Waals surface area (Å²) in [4.78, 5) is 0.636. The van der Waals surface area contributed by atoms with Crippen LogP contribution in [0.15, 0.2) is 83.5 Å². The SMILES string of the molecule is COc1ccc(C2=C(c3ccc(C(F)(F)F)cc3)C(c3ccco3)C(=S)C=C2)cc1. The molecule has 6 heteroatoms. The van der Waals surface area contributed by atoms with Gasteiger partial charge in [0.25, 0.3) is 0 Å². The molecule has 4 rings (SSSR count). The number of hydrogen-bond donors (Lipinski definition) is 0. The first-order chi connectivity index (χ1) is 14.4. The molecule has 1 aliphatic carbocycles. The fraction of sp³-hybridized carbons (Fsp3) is 0.125. The van der Waals surface area contributed by atoms with E-state index in [0.717, 1.165) is 28.8 Å². The zero-order valence-electron chi connectivity index (χ0n) is 15.9. The molecule has 0 spiro atoms. The van der Waals surface area contributed by atoms with E-state index in [4.69, 9.17) is 21.4 Å². The second kappa shape index (κ2) is 7.95. The summed E-state index contributed by atoms with van der Waals surface area (Å²) in [6, 6.07) is 16.3. The number of allylic oxidation sites excluding steroid dienone is 4. The third-order valence-corrected chi connectivity index (χ3v) is 5.40. The van der Waals surface area contributed by atoms with Crippen molar-refractivity contribution in [2.24, 2.45) is 0 Å². The van der Waals surface area contributed by atoms with Gasteiger partial charge in [0.05, 0.1) is 24.9 Å². The van der Waals surface area contributed by atoms with E-state index in [-0.39, 0.29) is 5.92 Å². The Morgan fingerprint density at radius 2 is 1.57 bits per heavy atom. The van der Waals surface area contributed by atoms with Gasteiger partial charge in [0, 0.05) is 4.86 Å². The Kier molecular flexibility index (Phi) is 5.35. The van der Waals surface area contributed by atoms with E-state index in [0.29, 0.717) is 21.9 Å². The molecule has 0 bridgehead atoms. The van der Waals surface area contributed by atoms with Crippen molar-refractivity contribution in [1.82, 2.24) is 0 Å². The van der Waals surface area contributed by atoms with Crippen LogP contribution in [-0.4, -0.2) is 12.0 Å². The minimum absolute atomic E-state index is 0.381. The molecule has 30 heavy (non-hydrogen) atoms. The molecule has 0 saturated carbocycles. The van der Waals surface area contributed by atoms with Crippen LogP contribution in [-0.2, 0) is 6.18 Å². The van der Waals surface area contributed by atoms with Gasteiger partial charge in [-0.15, -0.1) is 0 Å². The molecular formula is C24H17F3O2S. The Morgan fingerprint density at radius 3 is 2.13 bits per heavy atom. The van der Waals surface area contributed by atoms with Crippen LogP contribution >= 0.6 is 12.2 Å². The normalized spacial score (nSPS) is 16.8. The number of hydrogen-bond acceptors (Lipinski definition) is 3. The molecular weight excluding hydrogens is 409 g/mol. The Bertz CT molecular complexity index is 1110. The Morgan fingerprint density at radius 1 is 0.900 bits per heavy atom. The summed E-state index contributed by atoms with van der Waals surface area (Å²) in [6.45, 7) is 0. The maximum absolute atomic E-state index is 13.1. The summed E-state index contributed by atoms with van der Waals surface area (Å²) in [6.07, 6.45) is 0.911. The van der Waals surface area contributed by atoms with Crippen molar-refractivity contribution in [2.75, 3.05) is 7.11 Å². The van der Waals surface area contributed by atoms with Crippen molar-refractivity contribution in [3.05, 3.63) is 102 Å². The molecule has 1 atom stereocenters. The second-order valence-electron chi connectivity index (χ2n) is 6.82. The largest absolute Gasteiger partial charge is 0.497 e. The van der Waals surface area contributed by atoms with Gasteiger partial charge in [-0.2, -0.15) is 13.2 Å². The topological polar surface area (TPSA) is 22.4 Å². The van der Waals surface area contributed by atoms with Gasteiger partial charge in [0.2, 0.25) is 0 Å². The number of thiocarbonyl (C=S) groups is 1. The average molecular weight is 426 g/mol. The first-order valence-electron chi connectivity index (χ1n) is 9.20. The zero-order chi connectivity index (χ0) is 21.3. The molecule has 0 radical (unpaired) electrons. The molecule has 2 aromatic carbocycles. The molecule has 1 aliphatic rings. The summed E-state index contributed by atoms with van der Waals surface area (Å²) in [5, 5.41) is 0. The molecule has 1 unspecified atom stereocenters. The summed E-state index contributed by atoms with van der Waals surface area (Å²) >= 11 is 5.60. The van der Waals surface area contributed by atoms with E-state index in [2.05, 4.69) is 0 Å². The second-order valence-corrected chi connectivity index (χ2v) is 7.29. The Hall–Kier alpha value is -3.12. The molecule has 0 N–H and O–H groups in total. The number of rotatable bonds is 4. The zero-order valence-corrected chi connectivity index (χ0v) is 16.8. The van der Waals surface area contributed by atoms with Crippen LogP contribution in [0.4, 0.5) is 13.2 Å². The quantitative estimate of drug-likeness (QED) is 0.422. The number of furan rings is 1. The minimum atomic E-state index is -4.39. The number of halogens is 3. The maximum Gasteiger partial charge on any atom is 0.416 e. The van der Waals surface area contributed by atoms with Crippen LogP contribution in [0.1, 0.15) is 28.4 Å². The molecule has 152 valence electrons. The molecule has 3 aromatic rings. The first-order valence-corrected chi connectivity index (χ1v) is 9.61. The van der Waals surface area contributed by atoms with E-state index in [1.165, 1.54) is 12.1 Å². The maximum atomic E-state index is 13.1. The number of ether oxygens (including phenoxy) is 1. The van der Waals surface area contributed by atoms with Gasteiger partial charge in [-0.25, -0.2) is 0 Å². The van der Waals surface area contributed by atoms with E-state index >= 15 is 0 Å².